The molecule has 1 aromatic carbocycles. The highest BCUT2D eigenvalue weighted by Gasteiger charge is 2.18. The third-order valence-corrected chi connectivity index (χ3v) is 3.73. The van der Waals surface area contributed by atoms with E-state index in [1.165, 1.54) is 12.1 Å². The molecule has 1 aliphatic rings. The predicted octanol–water partition coefficient (Wildman–Crippen LogP) is 1.45. The number of esters is 1. The monoisotopic (exact) mass is 405 g/mol. The van der Waals surface area contributed by atoms with Crippen molar-refractivity contribution in [1.29, 1.82) is 0 Å². The molecule has 1 aliphatic heterocycles. The van der Waals surface area contributed by atoms with Gasteiger partial charge >= 0.3 is 5.97 Å². The Kier molecular flexibility index (Phi) is 5.80. The van der Waals surface area contributed by atoms with E-state index in [4.69, 9.17) is 9.47 Å². The van der Waals surface area contributed by atoms with Gasteiger partial charge in [0.1, 0.15) is 11.3 Å². The fourth-order valence-corrected chi connectivity index (χ4v) is 2.46. The molecular formula is C14H16INO5. The lowest BCUT2D eigenvalue weighted by Gasteiger charge is -2.11. The molecule has 1 heterocycles. The van der Waals surface area contributed by atoms with E-state index in [9.17, 15) is 14.7 Å². The van der Waals surface area contributed by atoms with Crippen LogP contribution in [0.3, 0.4) is 0 Å². The SMILES string of the molecule is O=C(COC(=O)c1cc(I)ccc1O)NCC1CCCO1. The van der Waals surface area contributed by atoms with E-state index in [2.05, 4.69) is 5.32 Å². The maximum atomic E-state index is 11.8. The summed E-state index contributed by atoms with van der Waals surface area (Å²) in [4.78, 5) is 23.4. The number of benzene rings is 1. The lowest BCUT2D eigenvalue weighted by atomic mass is 10.2. The van der Waals surface area contributed by atoms with Crippen LogP contribution in [0.4, 0.5) is 0 Å². The average Bonchev–Trinajstić information content (AvgIpc) is 2.98. The first-order valence-electron chi connectivity index (χ1n) is 6.60. The summed E-state index contributed by atoms with van der Waals surface area (Å²) in [6.45, 7) is 0.767. The first kappa shape index (κ1) is 16.0. The quantitative estimate of drug-likeness (QED) is 0.573. The number of halogens is 1. The zero-order chi connectivity index (χ0) is 15.2. The van der Waals surface area contributed by atoms with E-state index < -0.39 is 5.97 Å². The van der Waals surface area contributed by atoms with Gasteiger partial charge < -0.3 is 19.9 Å². The Balaban J connectivity index is 1.77. The van der Waals surface area contributed by atoms with Crippen molar-refractivity contribution >= 4 is 34.5 Å². The third kappa shape index (κ3) is 4.85. The molecule has 0 bridgehead atoms. The highest BCUT2D eigenvalue weighted by atomic mass is 127. The van der Waals surface area contributed by atoms with Crippen molar-refractivity contribution in [3.63, 3.8) is 0 Å². The molecule has 1 atom stereocenters. The molecule has 7 heteroatoms. The van der Waals surface area contributed by atoms with Crippen molar-refractivity contribution in [2.45, 2.75) is 18.9 Å². The van der Waals surface area contributed by atoms with Crippen molar-refractivity contribution < 1.29 is 24.2 Å². The Morgan fingerprint density at radius 1 is 1.48 bits per heavy atom. The van der Waals surface area contributed by atoms with E-state index in [0.29, 0.717) is 6.54 Å². The predicted molar refractivity (Wildman–Crippen MR) is 83.1 cm³/mol. The zero-order valence-corrected chi connectivity index (χ0v) is 13.5. The molecule has 0 aliphatic carbocycles. The summed E-state index contributed by atoms with van der Waals surface area (Å²) in [5.41, 5.74) is 0.0498. The first-order chi connectivity index (χ1) is 10.1. The summed E-state index contributed by atoms with van der Waals surface area (Å²) in [6, 6.07) is 4.58. The van der Waals surface area contributed by atoms with Crippen molar-refractivity contribution in [1.82, 2.24) is 5.32 Å². The van der Waals surface area contributed by atoms with Crippen LogP contribution in [0.1, 0.15) is 23.2 Å². The molecule has 0 radical (unpaired) electrons. The van der Waals surface area contributed by atoms with Gasteiger partial charge in [-0.1, -0.05) is 0 Å². The molecule has 2 rings (SSSR count). The largest absolute Gasteiger partial charge is 0.507 e. The number of carbonyl (C=O) groups is 2. The maximum Gasteiger partial charge on any atom is 0.342 e. The number of phenolic OH excluding ortho intramolecular Hbond substituents is 1. The Labute approximate surface area is 136 Å². The summed E-state index contributed by atoms with van der Waals surface area (Å²) >= 11 is 2.02. The van der Waals surface area contributed by atoms with Crippen molar-refractivity contribution in [3.8, 4) is 5.75 Å². The molecular weight excluding hydrogens is 389 g/mol. The molecule has 21 heavy (non-hydrogen) atoms. The fraction of sp³-hybridized carbons (Fsp3) is 0.429. The number of amides is 1. The minimum atomic E-state index is -0.724. The van der Waals surface area contributed by atoms with Crippen molar-refractivity contribution in [2.24, 2.45) is 0 Å². The zero-order valence-electron chi connectivity index (χ0n) is 11.3. The molecule has 1 unspecified atom stereocenters. The summed E-state index contributed by atoms with van der Waals surface area (Å²) in [7, 11) is 0. The summed E-state index contributed by atoms with van der Waals surface area (Å²) in [6.07, 6.45) is 1.97. The Morgan fingerprint density at radius 2 is 2.29 bits per heavy atom. The molecule has 6 nitrogen and oxygen atoms in total. The van der Waals surface area contributed by atoms with E-state index in [1.807, 2.05) is 22.6 Å². The first-order valence-corrected chi connectivity index (χ1v) is 7.68. The number of hydrogen-bond donors (Lipinski definition) is 2. The van der Waals surface area contributed by atoms with Crippen LogP contribution in [0, 0.1) is 3.57 Å². The van der Waals surface area contributed by atoms with Crippen LogP contribution >= 0.6 is 22.6 Å². The lowest BCUT2D eigenvalue weighted by Crippen LogP contribution is -2.34. The number of phenols is 1. The molecule has 1 fully saturated rings. The third-order valence-electron chi connectivity index (χ3n) is 3.06. The molecule has 1 amide bonds. The highest BCUT2D eigenvalue weighted by Crippen LogP contribution is 2.20. The van der Waals surface area contributed by atoms with Crippen LogP contribution in [-0.2, 0) is 14.3 Å². The Hall–Kier alpha value is -1.35. The smallest absolute Gasteiger partial charge is 0.342 e. The molecule has 1 saturated heterocycles. The molecule has 0 saturated carbocycles. The second kappa shape index (κ2) is 7.60. The van der Waals surface area contributed by atoms with Gasteiger partial charge in [0.25, 0.3) is 5.91 Å². The van der Waals surface area contributed by atoms with Gasteiger partial charge in [0, 0.05) is 16.7 Å². The second-order valence-electron chi connectivity index (χ2n) is 4.68. The summed E-state index contributed by atoms with van der Waals surface area (Å²) in [5, 5.41) is 12.2. The normalized spacial score (nSPS) is 17.5. The van der Waals surface area contributed by atoms with E-state index in [0.717, 1.165) is 23.0 Å². The van der Waals surface area contributed by atoms with Gasteiger partial charge in [0.2, 0.25) is 0 Å². The second-order valence-corrected chi connectivity index (χ2v) is 5.92. The summed E-state index contributed by atoms with van der Waals surface area (Å²) < 4.78 is 11.0. The van der Waals surface area contributed by atoms with Crippen LogP contribution in [0.5, 0.6) is 5.75 Å². The van der Waals surface area contributed by atoms with Gasteiger partial charge in [-0.15, -0.1) is 0 Å². The van der Waals surface area contributed by atoms with Crippen LogP contribution in [0.2, 0.25) is 0 Å². The van der Waals surface area contributed by atoms with Crippen LogP contribution in [0.15, 0.2) is 18.2 Å². The molecule has 0 spiro atoms. The fourth-order valence-electron chi connectivity index (χ4n) is 1.96. The molecule has 2 N–H and O–H groups in total. The van der Waals surface area contributed by atoms with Crippen LogP contribution in [0.25, 0.3) is 0 Å². The van der Waals surface area contributed by atoms with Crippen LogP contribution < -0.4 is 5.32 Å². The Morgan fingerprint density at radius 3 is 3.00 bits per heavy atom. The van der Waals surface area contributed by atoms with Gasteiger partial charge in [0.15, 0.2) is 6.61 Å². The van der Waals surface area contributed by atoms with Gasteiger partial charge in [-0.2, -0.15) is 0 Å². The average molecular weight is 405 g/mol. The number of ether oxygens (including phenoxy) is 2. The maximum absolute atomic E-state index is 11.8. The number of rotatable bonds is 5. The topological polar surface area (TPSA) is 84.9 Å². The van der Waals surface area contributed by atoms with Gasteiger partial charge in [-0.25, -0.2) is 4.79 Å². The van der Waals surface area contributed by atoms with E-state index in [1.54, 1.807) is 6.07 Å². The Bertz CT molecular complexity index is 528. The summed E-state index contributed by atoms with van der Waals surface area (Å²) in [5.74, 6) is -1.28. The molecule has 0 aromatic heterocycles. The number of nitrogens with one attached hydrogen (secondary N) is 1. The van der Waals surface area contributed by atoms with Gasteiger partial charge in [-0.3, -0.25) is 4.79 Å². The van der Waals surface area contributed by atoms with Crippen LogP contribution in [-0.4, -0.2) is 42.8 Å². The number of aromatic hydroxyl groups is 1. The standard InChI is InChI=1S/C14H16INO5/c15-9-3-4-12(17)11(6-9)14(19)21-8-13(18)16-7-10-2-1-5-20-10/h3-4,6,10,17H,1-2,5,7-8H2,(H,16,18). The molecule has 1 aromatic rings. The van der Waals surface area contributed by atoms with E-state index >= 15 is 0 Å². The van der Waals surface area contributed by atoms with E-state index in [-0.39, 0.29) is 29.9 Å². The van der Waals surface area contributed by atoms with Gasteiger partial charge in [-0.05, 0) is 53.6 Å². The minimum Gasteiger partial charge on any atom is -0.507 e. The number of hydrogen-bond acceptors (Lipinski definition) is 5. The number of carbonyl (C=O) groups excluding carboxylic acids is 2. The highest BCUT2D eigenvalue weighted by molar-refractivity contribution is 14.1. The van der Waals surface area contributed by atoms with Crippen molar-refractivity contribution in [2.75, 3.05) is 19.8 Å². The van der Waals surface area contributed by atoms with Gasteiger partial charge in [0.05, 0.1) is 6.10 Å². The van der Waals surface area contributed by atoms with Crippen molar-refractivity contribution in [3.05, 3.63) is 27.3 Å². The minimum absolute atomic E-state index is 0.0457. The lowest BCUT2D eigenvalue weighted by molar-refractivity contribution is -0.124. The molecule has 114 valence electrons.